The summed E-state index contributed by atoms with van der Waals surface area (Å²) in [6.45, 7) is 3.33. The molecule has 0 saturated carbocycles. The number of carbonyl (C=O) groups excluding carboxylic acids is 1. The molecule has 3 unspecified atom stereocenters. The number of aliphatic hydroxyl groups excluding tert-OH is 1. The van der Waals surface area contributed by atoms with Gasteiger partial charge >= 0.3 is 12.1 Å². The summed E-state index contributed by atoms with van der Waals surface area (Å²) in [5.41, 5.74) is 0.845. The minimum atomic E-state index is -1.17. The molecule has 3 atom stereocenters. The van der Waals surface area contributed by atoms with Gasteiger partial charge in [-0.05, 0) is 18.9 Å². The molecule has 3 N–H and O–H groups in total. The van der Waals surface area contributed by atoms with E-state index < -0.39 is 30.1 Å². The lowest BCUT2D eigenvalue weighted by Gasteiger charge is -2.24. The quantitative estimate of drug-likeness (QED) is 0.712. The van der Waals surface area contributed by atoms with Crippen molar-refractivity contribution in [2.75, 3.05) is 0 Å². The van der Waals surface area contributed by atoms with Crippen LogP contribution in [0.25, 0.3) is 0 Å². The summed E-state index contributed by atoms with van der Waals surface area (Å²) in [5, 5.41) is 21.4. The molecule has 1 aromatic rings. The van der Waals surface area contributed by atoms with Crippen LogP contribution < -0.4 is 5.32 Å². The number of amides is 1. The molecule has 0 aliphatic carbocycles. The fourth-order valence-corrected chi connectivity index (χ4v) is 1.95. The van der Waals surface area contributed by atoms with Crippen LogP contribution in [0.15, 0.2) is 30.3 Å². The Hall–Kier alpha value is -2.08. The number of nitrogens with one attached hydrogen (secondary N) is 1. The molecule has 0 bridgehead atoms. The van der Waals surface area contributed by atoms with Crippen molar-refractivity contribution in [3.05, 3.63) is 35.9 Å². The monoisotopic (exact) mass is 295 g/mol. The van der Waals surface area contributed by atoms with Crippen LogP contribution in [0, 0.1) is 5.92 Å². The maximum Gasteiger partial charge on any atom is 0.407 e. The summed E-state index contributed by atoms with van der Waals surface area (Å²) in [6, 6.07) is 8.46. The summed E-state index contributed by atoms with van der Waals surface area (Å²) in [6.07, 6.45) is -1.58. The minimum absolute atomic E-state index is 0.117. The minimum Gasteiger partial charge on any atom is -0.481 e. The van der Waals surface area contributed by atoms with Gasteiger partial charge in [-0.2, -0.15) is 0 Å². The van der Waals surface area contributed by atoms with Gasteiger partial charge in [-0.25, -0.2) is 4.79 Å². The van der Waals surface area contributed by atoms with Crippen LogP contribution >= 0.6 is 0 Å². The third-order valence-electron chi connectivity index (χ3n) is 3.24. The normalized spacial score (nSPS) is 14.8. The van der Waals surface area contributed by atoms with E-state index in [0.717, 1.165) is 5.56 Å². The molecular formula is C15H21NO5. The highest BCUT2D eigenvalue weighted by atomic mass is 16.5. The Balaban J connectivity index is 2.44. The van der Waals surface area contributed by atoms with Crippen LogP contribution in [0.5, 0.6) is 0 Å². The number of carboxylic acid groups (broad SMARTS) is 1. The number of ether oxygens (including phenoxy) is 1. The molecule has 0 spiro atoms. The van der Waals surface area contributed by atoms with Gasteiger partial charge in [-0.3, -0.25) is 4.79 Å². The van der Waals surface area contributed by atoms with Crippen molar-refractivity contribution in [1.29, 1.82) is 0 Å². The van der Waals surface area contributed by atoms with Gasteiger partial charge in [0.15, 0.2) is 0 Å². The first-order chi connectivity index (χ1) is 9.95. The van der Waals surface area contributed by atoms with E-state index in [2.05, 4.69) is 5.32 Å². The molecular weight excluding hydrogens is 274 g/mol. The standard InChI is InChI=1S/C15H21NO5/c1-3-12(14(18)19)13(17)10(2)16-15(20)21-9-11-7-5-4-6-8-11/h4-8,10,12-13,17H,3,9H2,1-2H3,(H,16,20)(H,18,19). The lowest BCUT2D eigenvalue weighted by atomic mass is 9.95. The number of aliphatic hydroxyl groups is 1. The van der Waals surface area contributed by atoms with Crippen LogP contribution in [0.4, 0.5) is 4.79 Å². The van der Waals surface area contributed by atoms with Crippen molar-refractivity contribution in [2.45, 2.75) is 39.0 Å². The largest absolute Gasteiger partial charge is 0.481 e. The number of benzene rings is 1. The van der Waals surface area contributed by atoms with Crippen LogP contribution in [-0.4, -0.2) is 34.4 Å². The van der Waals surface area contributed by atoms with Crippen molar-refractivity contribution >= 4 is 12.1 Å². The number of alkyl carbamates (subject to hydrolysis) is 1. The van der Waals surface area contributed by atoms with Gasteiger partial charge < -0.3 is 20.3 Å². The number of hydrogen-bond donors (Lipinski definition) is 3. The van der Waals surface area contributed by atoms with Crippen LogP contribution in [0.1, 0.15) is 25.8 Å². The Bertz CT molecular complexity index is 462. The van der Waals surface area contributed by atoms with Crippen LogP contribution in [0.3, 0.4) is 0 Å². The van der Waals surface area contributed by atoms with Gasteiger partial charge in [0.25, 0.3) is 0 Å². The predicted octanol–water partition coefficient (Wildman–Crippen LogP) is 1.77. The summed E-state index contributed by atoms with van der Waals surface area (Å²) < 4.78 is 5.01. The van der Waals surface area contributed by atoms with E-state index in [4.69, 9.17) is 9.84 Å². The first-order valence-electron chi connectivity index (χ1n) is 6.83. The Morgan fingerprint density at radius 1 is 1.29 bits per heavy atom. The molecule has 0 heterocycles. The molecule has 1 amide bonds. The second kappa shape index (κ2) is 8.26. The lowest BCUT2D eigenvalue weighted by Crippen LogP contribution is -2.46. The molecule has 6 nitrogen and oxygen atoms in total. The van der Waals surface area contributed by atoms with Gasteiger partial charge in [-0.1, -0.05) is 37.3 Å². The molecule has 0 aromatic heterocycles. The number of carbonyl (C=O) groups is 2. The molecule has 0 radical (unpaired) electrons. The summed E-state index contributed by atoms with van der Waals surface area (Å²) in [5.74, 6) is -2.01. The zero-order chi connectivity index (χ0) is 15.8. The van der Waals surface area contributed by atoms with E-state index in [-0.39, 0.29) is 13.0 Å². The van der Waals surface area contributed by atoms with Crippen molar-refractivity contribution in [3.63, 3.8) is 0 Å². The Morgan fingerprint density at radius 3 is 2.43 bits per heavy atom. The summed E-state index contributed by atoms with van der Waals surface area (Å²) in [4.78, 5) is 22.6. The second-order valence-corrected chi connectivity index (χ2v) is 4.84. The van der Waals surface area contributed by atoms with Gasteiger partial charge in [0.2, 0.25) is 0 Å². The van der Waals surface area contributed by atoms with E-state index in [9.17, 15) is 14.7 Å². The first kappa shape index (κ1) is 17.0. The third kappa shape index (κ3) is 5.43. The Kier molecular flexibility index (Phi) is 6.68. The molecule has 0 aliphatic rings. The van der Waals surface area contributed by atoms with Crippen LogP contribution in [-0.2, 0) is 16.1 Å². The highest BCUT2D eigenvalue weighted by Crippen LogP contribution is 2.13. The van der Waals surface area contributed by atoms with Gasteiger partial charge in [0.1, 0.15) is 6.61 Å². The number of carboxylic acids is 1. The molecule has 0 saturated heterocycles. The number of rotatable bonds is 7. The Labute approximate surface area is 123 Å². The average molecular weight is 295 g/mol. The first-order valence-corrected chi connectivity index (χ1v) is 6.83. The molecule has 1 aromatic carbocycles. The van der Waals surface area contributed by atoms with Gasteiger partial charge in [0, 0.05) is 0 Å². The topological polar surface area (TPSA) is 95.9 Å². The molecule has 0 aliphatic heterocycles. The lowest BCUT2D eigenvalue weighted by molar-refractivity contribution is -0.146. The molecule has 116 valence electrons. The molecule has 21 heavy (non-hydrogen) atoms. The zero-order valence-electron chi connectivity index (χ0n) is 12.2. The van der Waals surface area contributed by atoms with E-state index in [1.54, 1.807) is 13.8 Å². The van der Waals surface area contributed by atoms with Gasteiger partial charge in [0.05, 0.1) is 18.1 Å². The fourth-order valence-electron chi connectivity index (χ4n) is 1.95. The summed E-state index contributed by atoms with van der Waals surface area (Å²) >= 11 is 0. The second-order valence-electron chi connectivity index (χ2n) is 4.84. The predicted molar refractivity (Wildman–Crippen MR) is 76.6 cm³/mol. The number of hydrogen-bond acceptors (Lipinski definition) is 4. The molecule has 1 rings (SSSR count). The average Bonchev–Trinajstić information content (AvgIpc) is 2.46. The van der Waals surface area contributed by atoms with Crippen molar-refractivity contribution < 1.29 is 24.5 Å². The van der Waals surface area contributed by atoms with Gasteiger partial charge in [-0.15, -0.1) is 0 Å². The van der Waals surface area contributed by atoms with E-state index in [1.807, 2.05) is 30.3 Å². The van der Waals surface area contributed by atoms with E-state index >= 15 is 0 Å². The van der Waals surface area contributed by atoms with Crippen molar-refractivity contribution in [1.82, 2.24) is 5.32 Å². The SMILES string of the molecule is CCC(C(=O)O)C(O)C(C)NC(=O)OCc1ccccc1. The number of aliphatic carboxylic acids is 1. The molecule has 6 heteroatoms. The maximum atomic E-state index is 11.6. The van der Waals surface area contributed by atoms with Crippen molar-refractivity contribution in [3.8, 4) is 0 Å². The van der Waals surface area contributed by atoms with Crippen molar-refractivity contribution in [2.24, 2.45) is 5.92 Å². The van der Waals surface area contributed by atoms with Crippen LogP contribution in [0.2, 0.25) is 0 Å². The zero-order valence-corrected chi connectivity index (χ0v) is 12.2. The molecule has 0 fully saturated rings. The third-order valence-corrected chi connectivity index (χ3v) is 3.24. The van der Waals surface area contributed by atoms with E-state index in [0.29, 0.717) is 0 Å². The highest BCUT2D eigenvalue weighted by Gasteiger charge is 2.30. The maximum absolute atomic E-state index is 11.6. The van der Waals surface area contributed by atoms with E-state index in [1.165, 1.54) is 0 Å². The highest BCUT2D eigenvalue weighted by molar-refractivity contribution is 5.71. The summed E-state index contributed by atoms with van der Waals surface area (Å²) in [7, 11) is 0. The fraction of sp³-hybridized carbons (Fsp3) is 0.467. The smallest absolute Gasteiger partial charge is 0.407 e. The Morgan fingerprint density at radius 2 is 1.90 bits per heavy atom.